The fraction of sp³-hybridized carbons (Fsp3) is 0.350. The lowest BCUT2D eigenvalue weighted by Gasteiger charge is -2.38. The Bertz CT molecular complexity index is 923. The van der Waals surface area contributed by atoms with Crippen LogP contribution in [0.4, 0.5) is 5.69 Å². The third-order valence-corrected chi connectivity index (χ3v) is 5.11. The molecular weight excluding hydrogens is 330 g/mol. The number of ether oxygens (including phenoxy) is 1. The summed E-state index contributed by atoms with van der Waals surface area (Å²) in [5, 5.41) is 23.7. The van der Waals surface area contributed by atoms with Crippen LogP contribution in [-0.2, 0) is 4.74 Å². The Morgan fingerprint density at radius 3 is 2.69 bits per heavy atom. The minimum absolute atomic E-state index is 0.0914. The van der Waals surface area contributed by atoms with Crippen molar-refractivity contribution in [2.75, 3.05) is 18.5 Å². The molecule has 0 spiro atoms. The first-order valence-corrected chi connectivity index (χ1v) is 8.82. The van der Waals surface area contributed by atoms with E-state index in [4.69, 9.17) is 9.72 Å². The SMILES string of the molecule is Cc1nc2c3c(ccn2c1C)[C@@H](OCCO)C(O)[C@@H](c1ccccc1)N3. The summed E-state index contributed by atoms with van der Waals surface area (Å²) in [4.78, 5) is 4.71. The number of fused-ring (bicyclic) bond motifs is 3. The van der Waals surface area contributed by atoms with Crippen LogP contribution in [0.2, 0.25) is 0 Å². The molecule has 1 aromatic carbocycles. The quantitative estimate of drug-likeness (QED) is 0.672. The topological polar surface area (TPSA) is 79.0 Å². The summed E-state index contributed by atoms with van der Waals surface area (Å²) >= 11 is 0. The Hall–Kier alpha value is -2.41. The number of aromatic nitrogens is 2. The van der Waals surface area contributed by atoms with Crippen molar-refractivity contribution in [3.8, 4) is 0 Å². The molecule has 0 saturated heterocycles. The van der Waals surface area contributed by atoms with Gasteiger partial charge in [-0.2, -0.15) is 0 Å². The van der Waals surface area contributed by atoms with Crippen LogP contribution in [0.3, 0.4) is 0 Å². The molecule has 3 N–H and O–H groups in total. The molecule has 0 radical (unpaired) electrons. The second-order valence-corrected chi connectivity index (χ2v) is 6.66. The molecule has 0 fully saturated rings. The summed E-state index contributed by atoms with van der Waals surface area (Å²) in [6.07, 6.45) is 0.637. The number of aliphatic hydroxyl groups excluding tert-OH is 2. The van der Waals surface area contributed by atoms with E-state index >= 15 is 0 Å². The van der Waals surface area contributed by atoms with E-state index in [9.17, 15) is 10.2 Å². The number of pyridine rings is 1. The predicted octanol–water partition coefficient (Wildman–Crippen LogP) is 2.53. The number of aryl methyl sites for hydroxylation is 2. The van der Waals surface area contributed by atoms with Crippen LogP contribution in [0.25, 0.3) is 5.65 Å². The average Bonchev–Trinajstić information content (AvgIpc) is 2.96. The second-order valence-electron chi connectivity index (χ2n) is 6.66. The molecule has 0 aliphatic carbocycles. The van der Waals surface area contributed by atoms with E-state index in [1.54, 1.807) is 0 Å². The molecule has 3 heterocycles. The maximum Gasteiger partial charge on any atom is 0.161 e. The van der Waals surface area contributed by atoms with Gasteiger partial charge >= 0.3 is 0 Å². The van der Waals surface area contributed by atoms with Crippen molar-refractivity contribution in [3.05, 3.63) is 65.1 Å². The van der Waals surface area contributed by atoms with Gasteiger partial charge in [-0.3, -0.25) is 0 Å². The molecule has 4 rings (SSSR count). The molecule has 0 saturated carbocycles. The summed E-state index contributed by atoms with van der Waals surface area (Å²) in [5.41, 5.74) is 5.57. The maximum absolute atomic E-state index is 11.0. The summed E-state index contributed by atoms with van der Waals surface area (Å²) < 4.78 is 7.88. The Labute approximate surface area is 152 Å². The van der Waals surface area contributed by atoms with Crippen LogP contribution in [0, 0.1) is 13.8 Å². The third-order valence-electron chi connectivity index (χ3n) is 5.11. The Balaban J connectivity index is 1.87. The Morgan fingerprint density at radius 2 is 1.96 bits per heavy atom. The minimum atomic E-state index is -0.781. The van der Waals surface area contributed by atoms with Crippen LogP contribution in [-0.4, -0.2) is 38.9 Å². The van der Waals surface area contributed by atoms with E-state index < -0.39 is 12.2 Å². The predicted molar refractivity (Wildman–Crippen MR) is 99.3 cm³/mol. The van der Waals surface area contributed by atoms with Gasteiger partial charge in [0.05, 0.1) is 30.6 Å². The highest BCUT2D eigenvalue weighted by atomic mass is 16.5. The third kappa shape index (κ3) is 2.67. The van der Waals surface area contributed by atoms with Gasteiger partial charge in [0.25, 0.3) is 0 Å². The highest BCUT2D eigenvalue weighted by molar-refractivity contribution is 5.75. The number of imidazole rings is 1. The number of rotatable bonds is 4. The molecule has 6 heteroatoms. The van der Waals surface area contributed by atoms with E-state index in [1.165, 1.54) is 0 Å². The van der Waals surface area contributed by atoms with Crippen LogP contribution in [0.5, 0.6) is 0 Å². The lowest BCUT2D eigenvalue weighted by atomic mass is 9.89. The number of aliphatic hydroxyl groups is 2. The molecule has 0 bridgehead atoms. The lowest BCUT2D eigenvalue weighted by Crippen LogP contribution is -2.38. The molecule has 6 nitrogen and oxygen atoms in total. The number of hydrogen-bond donors (Lipinski definition) is 3. The summed E-state index contributed by atoms with van der Waals surface area (Å²) in [6, 6.07) is 11.5. The zero-order chi connectivity index (χ0) is 18.3. The van der Waals surface area contributed by atoms with Crippen LogP contribution < -0.4 is 5.32 Å². The smallest absolute Gasteiger partial charge is 0.161 e. The maximum atomic E-state index is 11.0. The van der Waals surface area contributed by atoms with Gasteiger partial charge in [-0.15, -0.1) is 0 Å². The van der Waals surface area contributed by atoms with Crippen LogP contribution in [0.1, 0.15) is 34.7 Å². The summed E-state index contributed by atoms with van der Waals surface area (Å²) in [7, 11) is 0. The Kier molecular flexibility index (Phi) is 4.40. The number of anilines is 1. The second kappa shape index (κ2) is 6.72. The van der Waals surface area contributed by atoms with Crippen LogP contribution in [0.15, 0.2) is 42.6 Å². The van der Waals surface area contributed by atoms with Crippen molar-refractivity contribution in [3.63, 3.8) is 0 Å². The first kappa shape index (κ1) is 17.0. The Morgan fingerprint density at radius 1 is 1.19 bits per heavy atom. The van der Waals surface area contributed by atoms with E-state index in [0.29, 0.717) is 0 Å². The van der Waals surface area contributed by atoms with Crippen molar-refractivity contribution < 1.29 is 14.9 Å². The molecule has 2 aromatic heterocycles. The van der Waals surface area contributed by atoms with Gasteiger partial charge in [-0.05, 0) is 25.5 Å². The van der Waals surface area contributed by atoms with Gasteiger partial charge in [0.1, 0.15) is 12.2 Å². The van der Waals surface area contributed by atoms with Gasteiger partial charge in [0.2, 0.25) is 0 Å². The number of benzene rings is 1. The zero-order valence-corrected chi connectivity index (χ0v) is 14.9. The zero-order valence-electron chi connectivity index (χ0n) is 14.9. The summed E-state index contributed by atoms with van der Waals surface area (Å²) in [5.74, 6) is 0. The van der Waals surface area contributed by atoms with Gasteiger partial charge < -0.3 is 24.7 Å². The van der Waals surface area contributed by atoms with Crippen molar-refractivity contribution in [1.82, 2.24) is 9.38 Å². The number of nitrogens with one attached hydrogen (secondary N) is 1. The van der Waals surface area contributed by atoms with Gasteiger partial charge in [0.15, 0.2) is 5.65 Å². The van der Waals surface area contributed by atoms with E-state index in [-0.39, 0.29) is 19.3 Å². The molecule has 136 valence electrons. The number of nitrogens with zero attached hydrogens (tertiary/aromatic N) is 2. The highest BCUT2D eigenvalue weighted by Crippen LogP contribution is 2.43. The van der Waals surface area contributed by atoms with Crippen molar-refractivity contribution in [2.24, 2.45) is 0 Å². The summed E-state index contributed by atoms with van der Waals surface area (Å²) in [6.45, 7) is 4.10. The fourth-order valence-corrected chi connectivity index (χ4v) is 3.65. The molecule has 1 unspecified atom stereocenters. The molecule has 26 heavy (non-hydrogen) atoms. The monoisotopic (exact) mass is 353 g/mol. The van der Waals surface area contributed by atoms with Crippen molar-refractivity contribution >= 4 is 11.3 Å². The van der Waals surface area contributed by atoms with Crippen LogP contribution >= 0.6 is 0 Å². The normalized spacial score (nSPS) is 22.2. The van der Waals surface area contributed by atoms with E-state index in [1.807, 2.05) is 60.8 Å². The van der Waals surface area contributed by atoms with E-state index in [0.717, 1.165) is 33.8 Å². The van der Waals surface area contributed by atoms with Crippen molar-refractivity contribution in [1.29, 1.82) is 0 Å². The average molecular weight is 353 g/mol. The van der Waals surface area contributed by atoms with Gasteiger partial charge in [0, 0.05) is 17.5 Å². The van der Waals surface area contributed by atoms with E-state index in [2.05, 4.69) is 5.32 Å². The standard InChI is InChI=1S/C20H23N3O3/c1-12-13(2)23-9-8-15-17(20(23)21-12)22-16(14-6-4-3-5-7-14)18(25)19(15)26-11-10-24/h3-9,16,18-19,22,24-25H,10-11H2,1-2H3/t16-,18?,19-/m1/s1. The molecule has 3 aromatic rings. The highest BCUT2D eigenvalue weighted by Gasteiger charge is 2.38. The van der Waals surface area contributed by atoms with Crippen molar-refractivity contribution in [2.45, 2.75) is 32.1 Å². The molecule has 1 aliphatic heterocycles. The molecule has 1 aliphatic rings. The lowest BCUT2D eigenvalue weighted by molar-refractivity contribution is -0.0597. The molecule has 0 amide bonds. The molecule has 3 atom stereocenters. The molecular formula is C20H23N3O3. The number of hydrogen-bond acceptors (Lipinski definition) is 5. The van der Waals surface area contributed by atoms with Gasteiger partial charge in [-0.1, -0.05) is 30.3 Å². The minimum Gasteiger partial charge on any atom is -0.394 e. The fourth-order valence-electron chi connectivity index (χ4n) is 3.65. The first-order valence-electron chi connectivity index (χ1n) is 8.82. The largest absolute Gasteiger partial charge is 0.394 e. The first-order chi connectivity index (χ1) is 12.6. The van der Waals surface area contributed by atoms with Gasteiger partial charge in [-0.25, -0.2) is 4.98 Å².